The number of benzene rings is 1. The van der Waals surface area contributed by atoms with E-state index in [0.29, 0.717) is 0 Å². The van der Waals surface area contributed by atoms with Crippen LogP contribution >= 0.6 is 0 Å². The minimum absolute atomic E-state index is 0.105. The van der Waals surface area contributed by atoms with E-state index in [1.54, 1.807) is 18.3 Å². The molecule has 5 heteroatoms. The first-order valence-electron chi connectivity index (χ1n) is 4.29. The van der Waals surface area contributed by atoms with Gasteiger partial charge in [-0.3, -0.25) is 15.1 Å². The van der Waals surface area contributed by atoms with E-state index in [0.717, 1.165) is 18.7 Å². The second-order valence-electron chi connectivity index (χ2n) is 3.05. The first kappa shape index (κ1) is 8.68. The lowest BCUT2D eigenvalue weighted by atomic mass is 10.2. The molecule has 1 fully saturated rings. The van der Waals surface area contributed by atoms with Crippen LogP contribution in [0.4, 0.5) is 5.69 Å². The highest BCUT2D eigenvalue weighted by Gasteiger charge is 2.12. The molecule has 1 heterocycles. The van der Waals surface area contributed by atoms with E-state index in [9.17, 15) is 10.1 Å². The second kappa shape index (κ2) is 3.45. The molecule has 0 amide bonds. The van der Waals surface area contributed by atoms with Crippen LogP contribution in [0.25, 0.3) is 0 Å². The van der Waals surface area contributed by atoms with Crippen LogP contribution in [0, 0.1) is 10.1 Å². The second-order valence-corrected chi connectivity index (χ2v) is 3.05. The lowest BCUT2D eigenvalue weighted by molar-refractivity contribution is -0.384. The van der Waals surface area contributed by atoms with Gasteiger partial charge in [0.1, 0.15) is 0 Å². The van der Waals surface area contributed by atoms with E-state index in [1.807, 2.05) is 5.01 Å². The highest BCUT2D eigenvalue weighted by molar-refractivity contribution is 5.79. The summed E-state index contributed by atoms with van der Waals surface area (Å²) in [5.41, 5.74) is 0.983. The molecule has 1 aliphatic rings. The zero-order valence-electron chi connectivity index (χ0n) is 7.46. The summed E-state index contributed by atoms with van der Waals surface area (Å²) in [6.07, 6.45) is 1.71. The molecule has 0 aliphatic carbocycles. The van der Waals surface area contributed by atoms with Gasteiger partial charge in [0.2, 0.25) is 0 Å². The van der Waals surface area contributed by atoms with E-state index in [1.165, 1.54) is 12.1 Å². The molecule has 1 aromatic rings. The number of hydrazone groups is 1. The Morgan fingerprint density at radius 2 is 2.00 bits per heavy atom. The van der Waals surface area contributed by atoms with E-state index in [4.69, 9.17) is 0 Å². The number of hydrogen-bond acceptors (Lipinski definition) is 4. The average molecular weight is 191 g/mol. The average Bonchev–Trinajstić information content (AvgIpc) is 2.99. The van der Waals surface area contributed by atoms with E-state index >= 15 is 0 Å². The Kier molecular flexibility index (Phi) is 2.14. The quantitative estimate of drug-likeness (QED) is 0.312. The van der Waals surface area contributed by atoms with Crippen LogP contribution in [0.1, 0.15) is 5.56 Å². The first-order chi connectivity index (χ1) is 6.75. The molecular formula is C9H9N3O2. The molecule has 1 saturated heterocycles. The Morgan fingerprint density at radius 3 is 2.50 bits per heavy atom. The first-order valence-corrected chi connectivity index (χ1v) is 4.29. The van der Waals surface area contributed by atoms with Gasteiger partial charge in [-0.05, 0) is 17.7 Å². The highest BCUT2D eigenvalue weighted by atomic mass is 16.6. The van der Waals surface area contributed by atoms with Crippen molar-refractivity contribution >= 4 is 11.9 Å². The minimum atomic E-state index is -0.411. The number of hydrogen-bond donors (Lipinski definition) is 0. The molecule has 0 aromatic heterocycles. The standard InChI is InChI=1S/C9H9N3O2/c13-12(14)9-3-1-8(2-4-9)7-10-11-5-6-11/h1-4,7H,5-6H2/b10-7+. The fourth-order valence-electron chi connectivity index (χ4n) is 0.991. The van der Waals surface area contributed by atoms with Crippen LogP contribution in [0.3, 0.4) is 0 Å². The molecule has 14 heavy (non-hydrogen) atoms. The molecular weight excluding hydrogens is 182 g/mol. The Hall–Kier alpha value is -1.91. The maximum Gasteiger partial charge on any atom is 0.269 e. The monoisotopic (exact) mass is 191 g/mol. The Bertz CT molecular complexity index is 368. The third-order valence-electron chi connectivity index (χ3n) is 1.90. The van der Waals surface area contributed by atoms with Crippen molar-refractivity contribution in [1.82, 2.24) is 5.01 Å². The number of nitro groups is 1. The van der Waals surface area contributed by atoms with Gasteiger partial charge in [0.05, 0.1) is 24.2 Å². The number of rotatable bonds is 3. The number of nitrogens with zero attached hydrogens (tertiary/aromatic N) is 3. The maximum atomic E-state index is 10.4. The summed E-state index contributed by atoms with van der Waals surface area (Å²) in [4.78, 5) is 9.94. The molecule has 1 aliphatic heterocycles. The van der Waals surface area contributed by atoms with Crippen LogP contribution in [0.15, 0.2) is 29.4 Å². The number of nitro benzene ring substituents is 1. The maximum absolute atomic E-state index is 10.4. The van der Waals surface area contributed by atoms with Gasteiger partial charge in [0.15, 0.2) is 0 Å². The summed E-state index contributed by atoms with van der Waals surface area (Å²) in [6, 6.07) is 6.32. The SMILES string of the molecule is O=[N+]([O-])c1ccc(/C=N/N2CC2)cc1. The summed E-state index contributed by atoms with van der Waals surface area (Å²) in [7, 11) is 0. The molecule has 0 unspecified atom stereocenters. The van der Waals surface area contributed by atoms with Crippen molar-refractivity contribution in [2.45, 2.75) is 0 Å². The molecule has 0 N–H and O–H groups in total. The predicted octanol–water partition coefficient (Wildman–Crippen LogP) is 1.24. The van der Waals surface area contributed by atoms with Crippen LogP contribution in [0.2, 0.25) is 0 Å². The summed E-state index contributed by atoms with van der Waals surface area (Å²) in [5, 5.41) is 16.4. The Morgan fingerprint density at radius 1 is 1.36 bits per heavy atom. The van der Waals surface area contributed by atoms with E-state index < -0.39 is 4.92 Å². The van der Waals surface area contributed by atoms with Crippen molar-refractivity contribution in [2.24, 2.45) is 5.10 Å². The summed E-state index contributed by atoms with van der Waals surface area (Å²) < 4.78 is 0. The van der Waals surface area contributed by atoms with E-state index in [2.05, 4.69) is 5.10 Å². The third kappa shape index (κ3) is 2.07. The van der Waals surface area contributed by atoms with Crippen molar-refractivity contribution in [2.75, 3.05) is 13.1 Å². The van der Waals surface area contributed by atoms with Crippen LogP contribution < -0.4 is 0 Å². The summed E-state index contributed by atoms with van der Waals surface area (Å²) in [5.74, 6) is 0. The van der Waals surface area contributed by atoms with Gasteiger partial charge in [-0.15, -0.1) is 0 Å². The minimum Gasteiger partial charge on any atom is -0.293 e. The van der Waals surface area contributed by atoms with E-state index in [-0.39, 0.29) is 5.69 Å². The van der Waals surface area contributed by atoms with Crippen molar-refractivity contribution in [1.29, 1.82) is 0 Å². The molecule has 0 saturated carbocycles. The Labute approximate surface area is 80.8 Å². The molecule has 0 radical (unpaired) electrons. The fraction of sp³-hybridized carbons (Fsp3) is 0.222. The highest BCUT2D eigenvalue weighted by Crippen LogP contribution is 2.11. The molecule has 0 spiro atoms. The van der Waals surface area contributed by atoms with Crippen LogP contribution in [-0.4, -0.2) is 29.2 Å². The van der Waals surface area contributed by atoms with Gasteiger partial charge < -0.3 is 0 Å². The van der Waals surface area contributed by atoms with Crippen LogP contribution in [0.5, 0.6) is 0 Å². The fourth-order valence-corrected chi connectivity index (χ4v) is 0.991. The van der Waals surface area contributed by atoms with Gasteiger partial charge in [-0.1, -0.05) is 0 Å². The molecule has 1 aromatic carbocycles. The number of non-ortho nitro benzene ring substituents is 1. The van der Waals surface area contributed by atoms with Gasteiger partial charge in [-0.25, -0.2) is 0 Å². The van der Waals surface area contributed by atoms with Gasteiger partial charge in [0, 0.05) is 12.1 Å². The third-order valence-corrected chi connectivity index (χ3v) is 1.90. The van der Waals surface area contributed by atoms with Crippen molar-refractivity contribution < 1.29 is 4.92 Å². The lowest BCUT2D eigenvalue weighted by Crippen LogP contribution is -1.89. The zero-order valence-corrected chi connectivity index (χ0v) is 7.46. The molecule has 5 nitrogen and oxygen atoms in total. The Balaban J connectivity index is 2.08. The molecule has 2 rings (SSSR count). The molecule has 0 bridgehead atoms. The summed E-state index contributed by atoms with van der Waals surface area (Å²) >= 11 is 0. The normalized spacial score (nSPS) is 14.7. The van der Waals surface area contributed by atoms with Gasteiger partial charge in [0.25, 0.3) is 5.69 Å². The largest absolute Gasteiger partial charge is 0.293 e. The lowest BCUT2D eigenvalue weighted by Gasteiger charge is -1.93. The smallest absolute Gasteiger partial charge is 0.269 e. The topological polar surface area (TPSA) is 58.5 Å². The van der Waals surface area contributed by atoms with Gasteiger partial charge in [-0.2, -0.15) is 5.10 Å². The van der Waals surface area contributed by atoms with Crippen molar-refractivity contribution in [3.05, 3.63) is 39.9 Å². The van der Waals surface area contributed by atoms with Gasteiger partial charge >= 0.3 is 0 Å². The van der Waals surface area contributed by atoms with Crippen LogP contribution in [-0.2, 0) is 0 Å². The predicted molar refractivity (Wildman–Crippen MR) is 52.3 cm³/mol. The summed E-state index contributed by atoms with van der Waals surface area (Å²) in [6.45, 7) is 2.01. The molecule has 72 valence electrons. The van der Waals surface area contributed by atoms with Crippen molar-refractivity contribution in [3.63, 3.8) is 0 Å². The zero-order chi connectivity index (χ0) is 9.97. The molecule has 0 atom stereocenters. The van der Waals surface area contributed by atoms with Crippen molar-refractivity contribution in [3.8, 4) is 0 Å².